The number of benzene rings is 1. The van der Waals surface area contributed by atoms with Gasteiger partial charge in [-0.15, -0.1) is 0 Å². The van der Waals surface area contributed by atoms with Crippen LogP contribution in [0.1, 0.15) is 24.8 Å². The van der Waals surface area contributed by atoms with E-state index in [1.807, 2.05) is 12.1 Å². The SMILES string of the molecule is COCCNCC1(Cc2cccc(OC)c2F)CCC1. The Morgan fingerprint density at radius 1 is 1.30 bits per heavy atom. The molecular weight excluding hydrogens is 257 g/mol. The molecule has 0 heterocycles. The smallest absolute Gasteiger partial charge is 0.168 e. The van der Waals surface area contributed by atoms with Crippen LogP contribution in [-0.4, -0.2) is 33.9 Å². The van der Waals surface area contributed by atoms with Crippen LogP contribution in [0.5, 0.6) is 5.75 Å². The minimum atomic E-state index is -0.210. The van der Waals surface area contributed by atoms with Crippen LogP contribution in [-0.2, 0) is 11.2 Å². The summed E-state index contributed by atoms with van der Waals surface area (Å²) in [5, 5.41) is 3.42. The third-order valence-electron chi connectivity index (χ3n) is 4.23. The van der Waals surface area contributed by atoms with E-state index in [2.05, 4.69) is 5.32 Å². The fourth-order valence-corrected chi connectivity index (χ4v) is 2.88. The molecule has 3 nitrogen and oxygen atoms in total. The molecule has 1 aliphatic rings. The number of halogens is 1. The van der Waals surface area contributed by atoms with Crippen LogP contribution in [0.2, 0.25) is 0 Å². The Labute approximate surface area is 120 Å². The summed E-state index contributed by atoms with van der Waals surface area (Å²) in [6.45, 7) is 2.48. The summed E-state index contributed by atoms with van der Waals surface area (Å²) in [5.41, 5.74) is 0.957. The van der Waals surface area contributed by atoms with Crippen LogP contribution >= 0.6 is 0 Å². The van der Waals surface area contributed by atoms with E-state index in [9.17, 15) is 4.39 Å². The molecule has 4 heteroatoms. The fourth-order valence-electron chi connectivity index (χ4n) is 2.88. The van der Waals surface area contributed by atoms with Gasteiger partial charge < -0.3 is 14.8 Å². The zero-order valence-electron chi connectivity index (χ0n) is 12.4. The highest BCUT2D eigenvalue weighted by molar-refractivity contribution is 5.32. The molecule has 0 amide bonds. The number of rotatable bonds is 8. The first kappa shape index (κ1) is 15.3. The Morgan fingerprint density at radius 3 is 2.70 bits per heavy atom. The number of methoxy groups -OCH3 is 2. The normalized spacial score (nSPS) is 16.8. The summed E-state index contributed by atoms with van der Waals surface area (Å²) in [4.78, 5) is 0. The van der Waals surface area contributed by atoms with Crippen molar-refractivity contribution in [3.63, 3.8) is 0 Å². The summed E-state index contributed by atoms with van der Waals surface area (Å²) in [6, 6.07) is 5.40. The highest BCUT2D eigenvalue weighted by Crippen LogP contribution is 2.44. The van der Waals surface area contributed by atoms with Crippen LogP contribution in [0.15, 0.2) is 18.2 Å². The van der Waals surface area contributed by atoms with Gasteiger partial charge in [-0.1, -0.05) is 18.6 Å². The second kappa shape index (κ2) is 7.04. The lowest BCUT2D eigenvalue weighted by Crippen LogP contribution is -2.42. The molecule has 0 aliphatic heterocycles. The van der Waals surface area contributed by atoms with Crippen LogP contribution in [0.25, 0.3) is 0 Å². The first-order valence-electron chi connectivity index (χ1n) is 7.22. The van der Waals surface area contributed by atoms with Gasteiger partial charge in [-0.2, -0.15) is 0 Å². The lowest BCUT2D eigenvalue weighted by molar-refractivity contribution is 0.121. The van der Waals surface area contributed by atoms with E-state index in [1.165, 1.54) is 13.5 Å². The maximum Gasteiger partial charge on any atom is 0.168 e. The van der Waals surface area contributed by atoms with E-state index < -0.39 is 0 Å². The maximum atomic E-state index is 14.2. The van der Waals surface area contributed by atoms with Crippen molar-refractivity contribution in [1.29, 1.82) is 0 Å². The van der Waals surface area contributed by atoms with Crippen LogP contribution in [0, 0.1) is 11.2 Å². The molecule has 1 aliphatic carbocycles. The van der Waals surface area contributed by atoms with E-state index in [4.69, 9.17) is 9.47 Å². The molecule has 0 unspecified atom stereocenters. The van der Waals surface area contributed by atoms with Crippen molar-refractivity contribution in [2.75, 3.05) is 33.9 Å². The van der Waals surface area contributed by atoms with Crippen molar-refractivity contribution < 1.29 is 13.9 Å². The van der Waals surface area contributed by atoms with Crippen molar-refractivity contribution in [2.45, 2.75) is 25.7 Å². The monoisotopic (exact) mass is 281 g/mol. The zero-order valence-corrected chi connectivity index (χ0v) is 12.4. The van der Waals surface area contributed by atoms with Gasteiger partial charge in [0.25, 0.3) is 0 Å². The molecule has 0 spiro atoms. The summed E-state index contributed by atoms with van der Waals surface area (Å²) in [7, 11) is 3.21. The Bertz CT molecular complexity index is 432. The Balaban J connectivity index is 1.99. The second-order valence-corrected chi connectivity index (χ2v) is 5.63. The molecule has 1 aromatic carbocycles. The van der Waals surface area contributed by atoms with Gasteiger partial charge in [0.1, 0.15) is 0 Å². The molecule has 20 heavy (non-hydrogen) atoms. The van der Waals surface area contributed by atoms with Gasteiger partial charge in [0, 0.05) is 20.2 Å². The first-order valence-corrected chi connectivity index (χ1v) is 7.22. The van der Waals surface area contributed by atoms with Crippen LogP contribution in [0.4, 0.5) is 4.39 Å². The molecule has 0 radical (unpaired) electrons. The molecule has 0 atom stereocenters. The predicted molar refractivity (Wildman–Crippen MR) is 77.7 cm³/mol. The van der Waals surface area contributed by atoms with E-state index in [0.29, 0.717) is 12.4 Å². The second-order valence-electron chi connectivity index (χ2n) is 5.63. The molecule has 0 saturated heterocycles. The first-order chi connectivity index (χ1) is 9.71. The molecule has 1 aromatic rings. The average molecular weight is 281 g/mol. The number of hydrogen-bond donors (Lipinski definition) is 1. The quantitative estimate of drug-likeness (QED) is 0.743. The van der Waals surface area contributed by atoms with Gasteiger partial charge in [0.2, 0.25) is 0 Å². The lowest BCUT2D eigenvalue weighted by atomic mass is 9.65. The fraction of sp³-hybridized carbons (Fsp3) is 0.625. The Hall–Kier alpha value is -1.13. The molecule has 0 bridgehead atoms. The highest BCUT2D eigenvalue weighted by atomic mass is 19.1. The number of hydrogen-bond acceptors (Lipinski definition) is 3. The van der Waals surface area contributed by atoms with Gasteiger partial charge >= 0.3 is 0 Å². The van der Waals surface area contributed by atoms with Crippen molar-refractivity contribution in [2.24, 2.45) is 5.41 Å². The summed E-state index contributed by atoms with van der Waals surface area (Å²) in [5.74, 6) is 0.127. The van der Waals surface area contributed by atoms with Gasteiger partial charge in [0.15, 0.2) is 11.6 Å². The minimum Gasteiger partial charge on any atom is -0.494 e. The summed E-state index contributed by atoms with van der Waals surface area (Å²) < 4.78 is 24.3. The van der Waals surface area contributed by atoms with E-state index in [0.717, 1.165) is 37.9 Å². The molecule has 1 N–H and O–H groups in total. The van der Waals surface area contributed by atoms with Crippen LogP contribution in [0.3, 0.4) is 0 Å². The third kappa shape index (κ3) is 3.49. The Kier molecular flexibility index (Phi) is 5.38. The largest absolute Gasteiger partial charge is 0.494 e. The highest BCUT2D eigenvalue weighted by Gasteiger charge is 2.37. The third-order valence-corrected chi connectivity index (χ3v) is 4.23. The van der Waals surface area contributed by atoms with Gasteiger partial charge in [0.05, 0.1) is 13.7 Å². The predicted octanol–water partition coefficient (Wildman–Crippen LogP) is 2.78. The average Bonchev–Trinajstić information content (AvgIpc) is 2.42. The number of nitrogens with one attached hydrogen (secondary N) is 1. The van der Waals surface area contributed by atoms with E-state index >= 15 is 0 Å². The molecule has 0 aromatic heterocycles. The molecule has 2 rings (SSSR count). The number of ether oxygens (including phenoxy) is 2. The van der Waals surface area contributed by atoms with Crippen LogP contribution < -0.4 is 10.1 Å². The lowest BCUT2D eigenvalue weighted by Gasteiger charge is -2.42. The van der Waals surface area contributed by atoms with Crippen molar-refractivity contribution in [3.8, 4) is 5.75 Å². The minimum absolute atomic E-state index is 0.195. The van der Waals surface area contributed by atoms with Crippen molar-refractivity contribution >= 4 is 0 Å². The zero-order chi connectivity index (χ0) is 14.4. The van der Waals surface area contributed by atoms with Gasteiger partial charge in [-0.25, -0.2) is 4.39 Å². The molecule has 1 fully saturated rings. The van der Waals surface area contributed by atoms with Crippen molar-refractivity contribution in [1.82, 2.24) is 5.32 Å². The van der Waals surface area contributed by atoms with Crippen molar-refractivity contribution in [3.05, 3.63) is 29.6 Å². The maximum absolute atomic E-state index is 14.2. The van der Waals surface area contributed by atoms with E-state index in [1.54, 1.807) is 13.2 Å². The molecule has 1 saturated carbocycles. The summed E-state index contributed by atoms with van der Waals surface area (Å²) >= 11 is 0. The van der Waals surface area contributed by atoms with E-state index in [-0.39, 0.29) is 11.2 Å². The Morgan fingerprint density at radius 2 is 2.10 bits per heavy atom. The summed E-state index contributed by atoms with van der Waals surface area (Å²) in [6.07, 6.45) is 4.32. The molecular formula is C16H24FNO2. The topological polar surface area (TPSA) is 30.5 Å². The molecule has 112 valence electrons. The van der Waals surface area contributed by atoms with Gasteiger partial charge in [-0.3, -0.25) is 0 Å². The standard InChI is InChI=1S/C16H24FNO2/c1-19-10-9-18-12-16(7-4-8-16)11-13-5-3-6-14(20-2)15(13)17/h3,5-6,18H,4,7-12H2,1-2H3. The van der Waals surface area contributed by atoms with Gasteiger partial charge in [-0.05, 0) is 36.3 Å².